The van der Waals surface area contributed by atoms with Crippen LogP contribution in [0.3, 0.4) is 0 Å². The highest BCUT2D eigenvalue weighted by molar-refractivity contribution is 6.26. The van der Waals surface area contributed by atoms with Crippen molar-refractivity contribution in [2.75, 3.05) is 0 Å². The molecule has 284 valence electrons. The van der Waals surface area contributed by atoms with Gasteiger partial charge in [0.2, 0.25) is 0 Å². The third-order valence-corrected chi connectivity index (χ3v) is 12.0. The van der Waals surface area contributed by atoms with E-state index in [2.05, 4.69) is 199 Å². The van der Waals surface area contributed by atoms with Crippen molar-refractivity contribution in [2.45, 2.75) is 0 Å². The van der Waals surface area contributed by atoms with Crippen LogP contribution < -0.4 is 0 Å². The number of hydrogen-bond donors (Lipinski definition) is 0. The molecule has 2 aromatic heterocycles. The van der Waals surface area contributed by atoms with Crippen molar-refractivity contribution in [1.82, 2.24) is 19.5 Å². The predicted octanol–water partition coefficient (Wildman–Crippen LogP) is 14.8. The van der Waals surface area contributed by atoms with Crippen LogP contribution in [0.25, 0.3) is 116 Å². The lowest BCUT2D eigenvalue weighted by Crippen LogP contribution is -2.01. The fourth-order valence-corrected chi connectivity index (χ4v) is 9.15. The van der Waals surface area contributed by atoms with Gasteiger partial charge >= 0.3 is 0 Å². The summed E-state index contributed by atoms with van der Waals surface area (Å²) < 4.78 is 2.36. The maximum Gasteiger partial charge on any atom is 0.164 e. The number of hydrogen-bond acceptors (Lipinski definition) is 3. The maximum atomic E-state index is 5.37. The highest BCUT2D eigenvalue weighted by Gasteiger charge is 2.21. The Morgan fingerprint density at radius 1 is 0.246 bits per heavy atom. The second-order valence-corrected chi connectivity index (χ2v) is 15.6. The first-order valence-electron chi connectivity index (χ1n) is 20.7. The Morgan fingerprint density at radius 3 is 1.28 bits per heavy atom. The standard InChI is InChI=1S/C57H36N4/c1-4-16-37(17-5-1)38-28-30-40(31-29-38)56-58-55(39-18-6-2-7-19-39)59-57(60-56)52-36-50-46-25-13-11-23-44(46)43-22-10-12-24-45(43)49(50)35-48(52)41-32-33-54-51(34-41)47-26-14-15-27-53(47)61(54)42-20-8-3-9-21-42/h1-36H. The van der Waals surface area contributed by atoms with Crippen molar-refractivity contribution in [1.29, 1.82) is 0 Å². The summed E-state index contributed by atoms with van der Waals surface area (Å²) in [7, 11) is 0. The van der Waals surface area contributed by atoms with Crippen LogP contribution in [-0.4, -0.2) is 19.5 Å². The number of rotatable bonds is 6. The van der Waals surface area contributed by atoms with Crippen LogP contribution in [0.5, 0.6) is 0 Å². The van der Waals surface area contributed by atoms with Gasteiger partial charge in [0.15, 0.2) is 17.5 Å². The highest BCUT2D eigenvalue weighted by atomic mass is 15.0. The van der Waals surface area contributed by atoms with E-state index in [0.717, 1.165) is 50.0 Å². The van der Waals surface area contributed by atoms with Crippen LogP contribution in [0.4, 0.5) is 0 Å². The minimum absolute atomic E-state index is 0.622. The van der Waals surface area contributed by atoms with Crippen LogP contribution in [0.2, 0.25) is 0 Å². The van der Waals surface area contributed by atoms with Gasteiger partial charge in [0.25, 0.3) is 0 Å². The van der Waals surface area contributed by atoms with Crippen molar-refractivity contribution < 1.29 is 0 Å². The molecule has 0 aliphatic heterocycles. The molecule has 61 heavy (non-hydrogen) atoms. The molecule has 0 radical (unpaired) electrons. The quantitative estimate of drug-likeness (QED) is 0.158. The molecule has 0 aliphatic carbocycles. The predicted molar refractivity (Wildman–Crippen MR) is 254 cm³/mol. The van der Waals surface area contributed by atoms with Gasteiger partial charge in [0.05, 0.1) is 11.0 Å². The molecule has 0 aliphatic rings. The molecule has 4 nitrogen and oxygen atoms in total. The van der Waals surface area contributed by atoms with Crippen molar-refractivity contribution in [3.63, 3.8) is 0 Å². The van der Waals surface area contributed by atoms with Gasteiger partial charge in [-0.25, -0.2) is 15.0 Å². The summed E-state index contributed by atoms with van der Waals surface area (Å²) in [4.78, 5) is 15.8. The fourth-order valence-electron chi connectivity index (χ4n) is 9.15. The average molecular weight is 777 g/mol. The molecule has 0 atom stereocenters. The smallest absolute Gasteiger partial charge is 0.164 e. The summed E-state index contributed by atoms with van der Waals surface area (Å²) in [6, 6.07) is 77.6. The summed E-state index contributed by atoms with van der Waals surface area (Å²) in [5.41, 5.74) is 10.7. The monoisotopic (exact) mass is 776 g/mol. The zero-order valence-corrected chi connectivity index (χ0v) is 33.1. The molecule has 0 amide bonds. The second kappa shape index (κ2) is 14.3. The Balaban J connectivity index is 1.15. The number of para-hydroxylation sites is 2. The van der Waals surface area contributed by atoms with Crippen molar-refractivity contribution in [3.8, 4) is 62.1 Å². The lowest BCUT2D eigenvalue weighted by Gasteiger charge is -2.17. The number of nitrogens with zero attached hydrogens (tertiary/aromatic N) is 4. The van der Waals surface area contributed by atoms with Gasteiger partial charge in [-0.2, -0.15) is 0 Å². The minimum atomic E-state index is 0.622. The molecular formula is C57H36N4. The van der Waals surface area contributed by atoms with E-state index in [-0.39, 0.29) is 0 Å². The van der Waals surface area contributed by atoms with Gasteiger partial charge in [-0.1, -0.05) is 176 Å². The van der Waals surface area contributed by atoms with Crippen LogP contribution >= 0.6 is 0 Å². The van der Waals surface area contributed by atoms with Gasteiger partial charge in [-0.3, -0.25) is 0 Å². The summed E-state index contributed by atoms with van der Waals surface area (Å²) in [6.45, 7) is 0. The van der Waals surface area contributed by atoms with E-state index in [1.54, 1.807) is 0 Å². The molecular weight excluding hydrogens is 741 g/mol. The average Bonchev–Trinajstić information content (AvgIpc) is 3.68. The summed E-state index contributed by atoms with van der Waals surface area (Å²) in [6.07, 6.45) is 0. The molecule has 10 aromatic carbocycles. The largest absolute Gasteiger partial charge is 0.309 e. The van der Waals surface area contributed by atoms with Gasteiger partial charge in [-0.15, -0.1) is 0 Å². The van der Waals surface area contributed by atoms with Crippen LogP contribution in [0.1, 0.15) is 0 Å². The van der Waals surface area contributed by atoms with Gasteiger partial charge in [-0.05, 0) is 97.0 Å². The number of aromatic nitrogens is 4. The van der Waals surface area contributed by atoms with E-state index in [9.17, 15) is 0 Å². The Kier molecular flexibility index (Phi) is 8.13. The number of fused-ring (bicyclic) bond motifs is 9. The highest BCUT2D eigenvalue weighted by Crippen LogP contribution is 2.43. The summed E-state index contributed by atoms with van der Waals surface area (Å²) in [5, 5.41) is 9.60. The first kappa shape index (κ1) is 34.8. The van der Waals surface area contributed by atoms with E-state index in [0.29, 0.717) is 17.5 Å². The maximum absolute atomic E-state index is 5.37. The minimum Gasteiger partial charge on any atom is -0.309 e. The SMILES string of the molecule is c1ccc(-c2ccc(-c3nc(-c4ccccc4)nc(-c4cc5c6ccccc6c6ccccc6c5cc4-c4ccc5c(c4)c4ccccc4n5-c4ccccc4)n3)cc2)cc1. The molecule has 0 N–H and O–H groups in total. The molecule has 4 heteroatoms. The lowest BCUT2D eigenvalue weighted by atomic mass is 9.89. The molecule has 12 rings (SSSR count). The number of benzene rings is 10. The Bertz CT molecular complexity index is 3610. The molecule has 2 heterocycles. The van der Waals surface area contributed by atoms with Crippen LogP contribution in [0, 0.1) is 0 Å². The first-order valence-corrected chi connectivity index (χ1v) is 20.7. The fraction of sp³-hybridized carbons (Fsp3) is 0. The summed E-state index contributed by atoms with van der Waals surface area (Å²) in [5.74, 6) is 1.87. The van der Waals surface area contributed by atoms with Gasteiger partial charge in [0.1, 0.15) is 0 Å². The van der Waals surface area contributed by atoms with Crippen molar-refractivity contribution in [2.24, 2.45) is 0 Å². The third-order valence-electron chi connectivity index (χ3n) is 12.0. The Labute approximate surface area is 352 Å². The molecule has 0 spiro atoms. The van der Waals surface area contributed by atoms with Gasteiger partial charge in [0, 0.05) is 33.2 Å². The zero-order valence-electron chi connectivity index (χ0n) is 33.1. The van der Waals surface area contributed by atoms with E-state index in [4.69, 9.17) is 15.0 Å². The lowest BCUT2D eigenvalue weighted by molar-refractivity contribution is 1.07. The molecule has 12 aromatic rings. The Morgan fingerprint density at radius 2 is 0.656 bits per heavy atom. The molecule has 0 unspecified atom stereocenters. The molecule has 0 fully saturated rings. The molecule has 0 bridgehead atoms. The molecule has 0 saturated carbocycles. The normalized spacial score (nSPS) is 11.6. The summed E-state index contributed by atoms with van der Waals surface area (Å²) >= 11 is 0. The van der Waals surface area contributed by atoms with E-state index >= 15 is 0 Å². The van der Waals surface area contributed by atoms with E-state index < -0.39 is 0 Å². The Hall–Kier alpha value is -8.21. The van der Waals surface area contributed by atoms with Gasteiger partial charge < -0.3 is 4.57 Å². The topological polar surface area (TPSA) is 43.6 Å². The van der Waals surface area contributed by atoms with E-state index in [1.165, 1.54) is 48.8 Å². The van der Waals surface area contributed by atoms with Crippen molar-refractivity contribution >= 4 is 54.1 Å². The molecule has 0 saturated heterocycles. The van der Waals surface area contributed by atoms with E-state index in [1.807, 2.05) is 24.3 Å². The van der Waals surface area contributed by atoms with Crippen molar-refractivity contribution in [3.05, 3.63) is 218 Å². The second-order valence-electron chi connectivity index (χ2n) is 15.6. The van der Waals surface area contributed by atoms with Crippen LogP contribution in [0.15, 0.2) is 218 Å². The first-order chi connectivity index (χ1) is 30.2. The third kappa shape index (κ3) is 5.88. The van der Waals surface area contributed by atoms with Crippen LogP contribution in [-0.2, 0) is 0 Å². The zero-order chi connectivity index (χ0) is 40.3.